The number of carbonyl (C=O) groups is 6. The van der Waals surface area contributed by atoms with Crippen molar-refractivity contribution in [2.75, 3.05) is 0 Å². The van der Waals surface area contributed by atoms with E-state index in [0.717, 1.165) is 0 Å². The number of aliphatic hydroxyl groups excluding tert-OH is 1. The van der Waals surface area contributed by atoms with Crippen LogP contribution in [0.4, 0.5) is 0 Å². The van der Waals surface area contributed by atoms with Crippen molar-refractivity contribution < 1.29 is 43.7 Å². The van der Waals surface area contributed by atoms with Crippen molar-refractivity contribution in [1.29, 1.82) is 0 Å². The van der Waals surface area contributed by atoms with Gasteiger partial charge in [0.25, 0.3) is 0 Å². The van der Waals surface area contributed by atoms with Gasteiger partial charge in [0.1, 0.15) is 11.6 Å². The van der Waals surface area contributed by atoms with Crippen molar-refractivity contribution in [2.45, 2.75) is 106 Å². The van der Waals surface area contributed by atoms with Gasteiger partial charge in [0.2, 0.25) is 5.78 Å². The smallest absolute Gasteiger partial charge is 0.306 e. The Hall–Kier alpha value is -2.68. The number of carbonyl (C=O) groups excluding carboxylic acids is 5. The predicted octanol–water partition coefficient (Wildman–Crippen LogP) is 3.88. The van der Waals surface area contributed by atoms with E-state index in [-0.39, 0.29) is 60.1 Å². The molecule has 4 unspecified atom stereocenters. The zero-order valence-corrected chi connectivity index (χ0v) is 25.5. The molecule has 0 aliphatic heterocycles. The van der Waals surface area contributed by atoms with Crippen molar-refractivity contribution in [3.05, 3.63) is 11.1 Å². The van der Waals surface area contributed by atoms with Crippen molar-refractivity contribution in [2.24, 2.45) is 45.3 Å². The van der Waals surface area contributed by atoms with Crippen LogP contribution in [-0.4, -0.2) is 57.5 Å². The van der Waals surface area contributed by atoms with E-state index in [4.69, 9.17) is 4.74 Å². The van der Waals surface area contributed by atoms with Crippen molar-refractivity contribution in [3.63, 3.8) is 0 Å². The molecule has 9 heteroatoms. The van der Waals surface area contributed by atoms with E-state index in [1.807, 2.05) is 20.8 Å². The van der Waals surface area contributed by atoms with Crippen LogP contribution in [-0.2, 0) is 33.5 Å². The minimum atomic E-state index is -1.43. The van der Waals surface area contributed by atoms with Gasteiger partial charge in [-0.05, 0) is 42.9 Å². The molecule has 4 aliphatic rings. The van der Waals surface area contributed by atoms with Crippen molar-refractivity contribution in [3.8, 4) is 0 Å². The molecule has 4 aliphatic carbocycles. The molecule has 9 atom stereocenters. The predicted molar refractivity (Wildman–Crippen MR) is 147 cm³/mol. The highest BCUT2D eigenvalue weighted by atomic mass is 16.5. The van der Waals surface area contributed by atoms with Crippen LogP contribution in [0.3, 0.4) is 0 Å². The van der Waals surface area contributed by atoms with Crippen molar-refractivity contribution >= 4 is 35.1 Å². The summed E-state index contributed by atoms with van der Waals surface area (Å²) in [6, 6.07) is 0. The zero-order chi connectivity index (χ0) is 31.0. The Morgan fingerprint density at radius 3 is 2.15 bits per heavy atom. The van der Waals surface area contributed by atoms with Gasteiger partial charge in [-0.25, -0.2) is 0 Å². The molecule has 226 valence electrons. The van der Waals surface area contributed by atoms with Crippen LogP contribution in [0.2, 0.25) is 0 Å². The maximum atomic E-state index is 14.6. The van der Waals surface area contributed by atoms with Crippen LogP contribution in [0.1, 0.15) is 93.9 Å². The first-order valence-corrected chi connectivity index (χ1v) is 14.7. The molecule has 0 spiro atoms. The van der Waals surface area contributed by atoms with Gasteiger partial charge < -0.3 is 14.9 Å². The molecule has 0 radical (unpaired) electrons. The Kier molecular flexibility index (Phi) is 7.59. The molecule has 0 aromatic heterocycles. The molecule has 9 nitrogen and oxygen atoms in total. The third-order valence-electron chi connectivity index (χ3n) is 11.8. The van der Waals surface area contributed by atoms with Gasteiger partial charge in [-0.2, -0.15) is 0 Å². The lowest BCUT2D eigenvalue weighted by Crippen LogP contribution is -2.65. The number of ketones is 4. The van der Waals surface area contributed by atoms with E-state index in [9.17, 15) is 39.0 Å². The summed E-state index contributed by atoms with van der Waals surface area (Å²) in [5, 5.41) is 20.1. The fraction of sp³-hybridized carbons (Fsp3) is 0.750. The normalized spacial score (nSPS) is 39.4. The van der Waals surface area contributed by atoms with Crippen LogP contribution in [0.15, 0.2) is 11.1 Å². The minimum absolute atomic E-state index is 0.00458. The second-order valence-corrected chi connectivity index (χ2v) is 14.4. The van der Waals surface area contributed by atoms with E-state index in [1.54, 1.807) is 20.8 Å². The number of hydrogen-bond acceptors (Lipinski definition) is 8. The Morgan fingerprint density at radius 1 is 0.976 bits per heavy atom. The number of carboxylic acids is 1. The Morgan fingerprint density at radius 2 is 1.59 bits per heavy atom. The number of esters is 1. The lowest BCUT2D eigenvalue weighted by Gasteiger charge is -2.61. The van der Waals surface area contributed by atoms with Gasteiger partial charge in [0.15, 0.2) is 11.9 Å². The van der Waals surface area contributed by atoms with Gasteiger partial charge in [0, 0.05) is 54.6 Å². The highest BCUT2D eigenvalue weighted by Gasteiger charge is 2.74. The number of carboxylic acid groups (broad SMARTS) is 1. The molecule has 4 rings (SSSR count). The molecule has 41 heavy (non-hydrogen) atoms. The second kappa shape index (κ2) is 9.96. The number of allylic oxidation sites excluding steroid dienone is 1. The topological polar surface area (TPSA) is 152 Å². The summed E-state index contributed by atoms with van der Waals surface area (Å²) in [6.45, 7) is 13.6. The van der Waals surface area contributed by atoms with E-state index < -0.39 is 69.3 Å². The van der Waals surface area contributed by atoms with Crippen molar-refractivity contribution in [1.82, 2.24) is 0 Å². The average molecular weight is 573 g/mol. The Balaban J connectivity index is 1.88. The van der Waals surface area contributed by atoms with Gasteiger partial charge in [0.05, 0.1) is 17.4 Å². The van der Waals surface area contributed by atoms with Gasteiger partial charge in [-0.3, -0.25) is 28.8 Å². The monoisotopic (exact) mass is 572 g/mol. The van der Waals surface area contributed by atoms with Gasteiger partial charge >= 0.3 is 11.9 Å². The third kappa shape index (κ3) is 4.28. The molecule has 2 N–H and O–H groups in total. The Labute approximate surface area is 241 Å². The number of hydrogen-bond donors (Lipinski definition) is 2. The molecule has 0 amide bonds. The number of aliphatic hydroxyl groups is 1. The largest absolute Gasteiger partial charge is 0.481 e. The zero-order valence-electron chi connectivity index (χ0n) is 25.5. The standard InChI is InChI=1S/C32H44O9/c1-15(11-18(34)12-16(2)28(39)40)19-13-23(37)32(8)24-20(35)14-21-29(4,5)22(36)9-10-30(21,6)25(24)26(38)27(31(19,32)7)41-17(3)33/h15-16,19,21-22,27,36H,9-14H2,1-8H3,(H,39,40)/t15?,16?,19?,21?,22-,27+,30-,31-,32-/m0/s1. The maximum Gasteiger partial charge on any atom is 0.306 e. The van der Waals surface area contributed by atoms with Gasteiger partial charge in [-0.1, -0.05) is 41.5 Å². The van der Waals surface area contributed by atoms with Crippen LogP contribution < -0.4 is 0 Å². The summed E-state index contributed by atoms with van der Waals surface area (Å²) < 4.78 is 5.80. The van der Waals surface area contributed by atoms with Gasteiger partial charge in [-0.15, -0.1) is 0 Å². The highest BCUT2D eigenvalue weighted by molar-refractivity contribution is 6.18. The van der Waals surface area contributed by atoms with Crippen LogP contribution in [0.5, 0.6) is 0 Å². The molecular formula is C32H44O9. The molecule has 0 bridgehead atoms. The van der Waals surface area contributed by atoms with Crippen LogP contribution in [0.25, 0.3) is 0 Å². The molecular weight excluding hydrogens is 528 g/mol. The number of fused-ring (bicyclic) bond motifs is 4. The maximum absolute atomic E-state index is 14.6. The summed E-state index contributed by atoms with van der Waals surface area (Å²) >= 11 is 0. The van der Waals surface area contributed by atoms with Crippen LogP contribution >= 0.6 is 0 Å². The molecule has 0 saturated heterocycles. The Bertz CT molecular complexity index is 1260. The molecule has 2 fully saturated rings. The van der Waals surface area contributed by atoms with Crippen LogP contribution in [0, 0.1) is 45.3 Å². The first-order chi connectivity index (χ1) is 18.8. The SMILES string of the molecule is CC(=O)O[C@@H]1C(=O)C2=C(C(=O)CC3C(C)(C)[C@@H](O)CC[C@]23C)[C@]2(C)C(=O)CC(C(C)CC(=O)CC(C)C(=O)O)[C@@]12C. The number of Topliss-reactive ketones (excluding diaryl/α,β-unsaturated/α-hetero) is 4. The number of rotatable bonds is 7. The number of aliphatic carboxylic acids is 1. The lowest BCUT2D eigenvalue weighted by atomic mass is 9.42. The molecule has 0 aromatic carbocycles. The minimum Gasteiger partial charge on any atom is -0.481 e. The van der Waals surface area contributed by atoms with E-state index in [1.165, 1.54) is 13.8 Å². The van der Waals surface area contributed by atoms with E-state index in [0.29, 0.717) is 12.8 Å². The third-order valence-corrected chi connectivity index (χ3v) is 11.8. The lowest BCUT2D eigenvalue weighted by molar-refractivity contribution is -0.176. The molecule has 2 saturated carbocycles. The average Bonchev–Trinajstić information content (AvgIpc) is 3.07. The summed E-state index contributed by atoms with van der Waals surface area (Å²) in [5.74, 6) is -5.24. The molecule has 0 aromatic rings. The first-order valence-electron chi connectivity index (χ1n) is 14.7. The second-order valence-electron chi connectivity index (χ2n) is 14.4. The summed E-state index contributed by atoms with van der Waals surface area (Å²) in [6.07, 6.45) is -1.19. The summed E-state index contributed by atoms with van der Waals surface area (Å²) in [4.78, 5) is 79.5. The molecule has 0 heterocycles. The number of ether oxygens (including phenoxy) is 1. The first kappa shape index (κ1) is 31.3. The quantitative estimate of drug-likeness (QED) is 0.433. The van der Waals surface area contributed by atoms with E-state index >= 15 is 0 Å². The highest BCUT2D eigenvalue weighted by Crippen LogP contribution is 2.70. The summed E-state index contributed by atoms with van der Waals surface area (Å²) in [5.41, 5.74) is -3.73. The van der Waals surface area contributed by atoms with E-state index in [2.05, 4.69) is 0 Å². The fourth-order valence-electron chi connectivity index (χ4n) is 9.17. The fourth-order valence-corrected chi connectivity index (χ4v) is 9.17. The summed E-state index contributed by atoms with van der Waals surface area (Å²) in [7, 11) is 0.